The van der Waals surface area contributed by atoms with Gasteiger partial charge >= 0.3 is 0 Å². The van der Waals surface area contributed by atoms with E-state index in [4.69, 9.17) is 0 Å². The zero-order valence-electron chi connectivity index (χ0n) is 13.8. The summed E-state index contributed by atoms with van der Waals surface area (Å²) in [7, 11) is 0. The highest BCUT2D eigenvalue weighted by Gasteiger charge is 2.22. The van der Waals surface area contributed by atoms with Gasteiger partial charge in [-0.2, -0.15) is 5.10 Å². The van der Waals surface area contributed by atoms with Crippen LogP contribution in [-0.4, -0.2) is 38.5 Å². The minimum atomic E-state index is -0.0540. The van der Waals surface area contributed by atoms with E-state index >= 15 is 0 Å². The van der Waals surface area contributed by atoms with E-state index in [0.29, 0.717) is 24.4 Å². The van der Waals surface area contributed by atoms with Crippen LogP contribution in [0.25, 0.3) is 11.2 Å². The van der Waals surface area contributed by atoms with Crippen LogP contribution in [0.15, 0.2) is 53.3 Å². The number of fused-ring (bicyclic) bond motifs is 1. The van der Waals surface area contributed by atoms with Crippen molar-refractivity contribution < 1.29 is 4.79 Å². The van der Waals surface area contributed by atoms with Gasteiger partial charge < -0.3 is 4.90 Å². The summed E-state index contributed by atoms with van der Waals surface area (Å²) in [6.07, 6.45) is 6.50. The fourth-order valence-electron chi connectivity index (χ4n) is 3.15. The van der Waals surface area contributed by atoms with Crippen LogP contribution in [0.5, 0.6) is 0 Å². The Morgan fingerprint density at radius 2 is 2.12 bits per heavy atom. The molecular formula is C19H17BrN4O. The van der Waals surface area contributed by atoms with Crippen LogP contribution in [-0.2, 0) is 0 Å². The molecule has 3 aromatic rings. The Morgan fingerprint density at radius 1 is 1.28 bits per heavy atom. The van der Waals surface area contributed by atoms with E-state index in [1.807, 2.05) is 11.0 Å². The van der Waals surface area contributed by atoms with E-state index in [1.165, 1.54) is 16.7 Å². The van der Waals surface area contributed by atoms with Crippen LogP contribution in [0.3, 0.4) is 0 Å². The minimum Gasteiger partial charge on any atom is -0.333 e. The fraction of sp³-hybridized carbons (Fsp3) is 0.211. The number of aryl methyl sites for hydroxylation is 1. The number of carbonyl (C=O) groups is 1. The van der Waals surface area contributed by atoms with Gasteiger partial charge in [0.2, 0.25) is 0 Å². The summed E-state index contributed by atoms with van der Waals surface area (Å²) in [5.41, 5.74) is 4.95. The number of hydrogen-bond donors (Lipinski definition) is 0. The van der Waals surface area contributed by atoms with Gasteiger partial charge in [0.05, 0.1) is 4.47 Å². The summed E-state index contributed by atoms with van der Waals surface area (Å²) >= 11 is 3.36. The van der Waals surface area contributed by atoms with E-state index < -0.39 is 0 Å². The predicted molar refractivity (Wildman–Crippen MR) is 100 cm³/mol. The van der Waals surface area contributed by atoms with Gasteiger partial charge in [0.15, 0.2) is 11.3 Å². The smallest absolute Gasteiger partial charge is 0.274 e. The summed E-state index contributed by atoms with van der Waals surface area (Å²) in [6.45, 7) is 3.42. The quantitative estimate of drug-likeness (QED) is 0.662. The van der Waals surface area contributed by atoms with Gasteiger partial charge in [0.1, 0.15) is 0 Å². The average molecular weight is 397 g/mol. The molecule has 3 heterocycles. The zero-order chi connectivity index (χ0) is 17.4. The monoisotopic (exact) mass is 396 g/mol. The van der Waals surface area contributed by atoms with Gasteiger partial charge in [-0.25, -0.2) is 9.50 Å². The van der Waals surface area contributed by atoms with Crippen molar-refractivity contribution in [3.05, 3.63) is 70.1 Å². The Hall–Kier alpha value is -2.47. The number of hydrogen-bond acceptors (Lipinski definition) is 3. The van der Waals surface area contributed by atoms with E-state index in [1.54, 1.807) is 23.0 Å². The number of halogens is 1. The number of carbonyl (C=O) groups excluding carboxylic acids is 1. The van der Waals surface area contributed by atoms with Crippen LogP contribution in [0.4, 0.5) is 0 Å². The number of rotatable bonds is 2. The standard InChI is InChI=1S/C19H17BrN4O/c1-13-4-2-3-5-16(13)14-6-8-23(9-7-14)19(25)17-10-18-21-11-15(20)12-24(18)22-17/h2-6,10-12H,7-9H2,1H3. The number of amides is 1. The molecule has 0 saturated heterocycles. The van der Waals surface area contributed by atoms with Crippen molar-refractivity contribution in [3.8, 4) is 0 Å². The largest absolute Gasteiger partial charge is 0.333 e. The van der Waals surface area contributed by atoms with Crippen molar-refractivity contribution in [2.45, 2.75) is 13.3 Å². The Morgan fingerprint density at radius 3 is 2.88 bits per heavy atom. The van der Waals surface area contributed by atoms with E-state index in [9.17, 15) is 4.79 Å². The van der Waals surface area contributed by atoms with Gasteiger partial charge in [0, 0.05) is 31.5 Å². The summed E-state index contributed by atoms with van der Waals surface area (Å²) in [4.78, 5) is 18.8. The Labute approximate surface area is 154 Å². The molecule has 0 bridgehead atoms. The maximum atomic E-state index is 12.7. The predicted octanol–water partition coefficient (Wildman–Crippen LogP) is 3.73. The molecule has 0 spiro atoms. The molecular weight excluding hydrogens is 380 g/mol. The molecule has 1 amide bonds. The molecule has 0 N–H and O–H groups in total. The number of benzene rings is 1. The Bertz CT molecular complexity index is 992. The third-order valence-corrected chi connectivity index (χ3v) is 4.90. The maximum absolute atomic E-state index is 12.7. The molecule has 0 fully saturated rings. The Balaban J connectivity index is 1.55. The van der Waals surface area contributed by atoms with Crippen LogP contribution in [0.2, 0.25) is 0 Å². The first-order chi connectivity index (χ1) is 12.1. The second kappa shape index (κ2) is 6.44. The first kappa shape index (κ1) is 16.0. The maximum Gasteiger partial charge on any atom is 0.274 e. The van der Waals surface area contributed by atoms with Gasteiger partial charge in [0.25, 0.3) is 5.91 Å². The SMILES string of the molecule is Cc1ccccc1C1=CCN(C(=O)c2cc3ncc(Br)cn3n2)CC1. The zero-order valence-corrected chi connectivity index (χ0v) is 15.4. The second-order valence-electron chi connectivity index (χ2n) is 6.15. The van der Waals surface area contributed by atoms with Crippen LogP contribution in [0, 0.1) is 6.92 Å². The van der Waals surface area contributed by atoms with Crippen molar-refractivity contribution in [2.75, 3.05) is 13.1 Å². The van der Waals surface area contributed by atoms with E-state index in [2.05, 4.69) is 57.2 Å². The molecule has 126 valence electrons. The van der Waals surface area contributed by atoms with Gasteiger partial charge in [-0.05, 0) is 46.0 Å². The third kappa shape index (κ3) is 3.09. The average Bonchev–Trinajstić information content (AvgIpc) is 3.05. The topological polar surface area (TPSA) is 50.5 Å². The van der Waals surface area contributed by atoms with Crippen molar-refractivity contribution in [1.29, 1.82) is 0 Å². The molecule has 1 aliphatic rings. The lowest BCUT2D eigenvalue weighted by molar-refractivity contribution is 0.0766. The highest BCUT2D eigenvalue weighted by atomic mass is 79.9. The van der Waals surface area contributed by atoms with Crippen molar-refractivity contribution in [3.63, 3.8) is 0 Å². The van der Waals surface area contributed by atoms with Crippen LogP contribution in [0.1, 0.15) is 28.0 Å². The molecule has 25 heavy (non-hydrogen) atoms. The van der Waals surface area contributed by atoms with E-state index in [0.717, 1.165) is 10.9 Å². The molecule has 6 heteroatoms. The second-order valence-corrected chi connectivity index (χ2v) is 7.07. The summed E-state index contributed by atoms with van der Waals surface area (Å²) < 4.78 is 2.45. The highest BCUT2D eigenvalue weighted by Crippen LogP contribution is 2.25. The van der Waals surface area contributed by atoms with Gasteiger partial charge in [-0.1, -0.05) is 30.3 Å². The molecule has 1 aromatic carbocycles. The van der Waals surface area contributed by atoms with Crippen molar-refractivity contribution >= 4 is 33.1 Å². The first-order valence-corrected chi connectivity index (χ1v) is 8.96. The summed E-state index contributed by atoms with van der Waals surface area (Å²) in [5, 5.41) is 4.35. The van der Waals surface area contributed by atoms with Gasteiger partial charge in [-0.15, -0.1) is 0 Å². The lowest BCUT2D eigenvalue weighted by Gasteiger charge is -2.26. The molecule has 0 aliphatic carbocycles. The summed E-state index contributed by atoms with van der Waals surface area (Å²) in [6, 6.07) is 10.1. The van der Waals surface area contributed by atoms with Crippen molar-refractivity contribution in [1.82, 2.24) is 19.5 Å². The molecule has 0 atom stereocenters. The first-order valence-electron chi connectivity index (χ1n) is 8.17. The van der Waals surface area contributed by atoms with Crippen LogP contribution < -0.4 is 0 Å². The number of aromatic nitrogens is 3. The van der Waals surface area contributed by atoms with Gasteiger partial charge in [-0.3, -0.25) is 4.79 Å². The third-order valence-electron chi connectivity index (χ3n) is 4.49. The summed E-state index contributed by atoms with van der Waals surface area (Å²) in [5.74, 6) is -0.0540. The van der Waals surface area contributed by atoms with E-state index in [-0.39, 0.29) is 5.91 Å². The molecule has 0 radical (unpaired) electrons. The molecule has 1 aliphatic heterocycles. The lowest BCUT2D eigenvalue weighted by atomic mass is 9.95. The van der Waals surface area contributed by atoms with Crippen LogP contribution >= 0.6 is 15.9 Å². The molecule has 5 nitrogen and oxygen atoms in total. The highest BCUT2D eigenvalue weighted by molar-refractivity contribution is 9.10. The fourth-order valence-corrected chi connectivity index (χ4v) is 3.45. The number of nitrogens with zero attached hydrogens (tertiary/aromatic N) is 4. The molecule has 2 aromatic heterocycles. The lowest BCUT2D eigenvalue weighted by Crippen LogP contribution is -2.35. The van der Waals surface area contributed by atoms with Crippen molar-refractivity contribution in [2.24, 2.45) is 0 Å². The Kier molecular flexibility index (Phi) is 4.13. The molecule has 4 rings (SSSR count). The molecule has 0 saturated carbocycles. The molecule has 0 unspecified atom stereocenters. The normalized spacial score (nSPS) is 14.6. The minimum absolute atomic E-state index is 0.0540.